The molecule has 0 radical (unpaired) electrons. The standard InChI is InChI=1S/C25H23F2N5.Zn/c1-24(2,3)18-14-15-32(31-18)22-11-7-10-20(29-22)25(4,5)19-9-6-8-17(28-19)16-12-13-21(26)30-23(16)27;/h6-11,13-14H,1-5H3;/q-2;+2. The van der Waals surface area contributed by atoms with Crippen molar-refractivity contribution in [1.82, 2.24) is 24.7 Å². The number of hydrogen-bond donors (Lipinski definition) is 0. The Morgan fingerprint density at radius 2 is 1.48 bits per heavy atom. The number of halogens is 2. The first kappa shape index (κ1) is 24.8. The van der Waals surface area contributed by atoms with Crippen LogP contribution < -0.4 is 0 Å². The topological polar surface area (TPSA) is 56.5 Å². The third-order valence-corrected chi connectivity index (χ3v) is 5.28. The smallest absolute Gasteiger partial charge is 0.343 e. The van der Waals surface area contributed by atoms with Crippen LogP contribution in [0.2, 0.25) is 0 Å². The van der Waals surface area contributed by atoms with Gasteiger partial charge in [0, 0.05) is 16.8 Å². The van der Waals surface area contributed by atoms with E-state index < -0.39 is 17.3 Å². The van der Waals surface area contributed by atoms with Gasteiger partial charge in [0.2, 0.25) is 0 Å². The Morgan fingerprint density at radius 1 is 0.818 bits per heavy atom. The molecule has 0 fully saturated rings. The van der Waals surface area contributed by atoms with E-state index in [1.54, 1.807) is 16.8 Å². The van der Waals surface area contributed by atoms with Crippen molar-refractivity contribution >= 4 is 0 Å². The van der Waals surface area contributed by atoms with Crippen LogP contribution in [0, 0.1) is 24.2 Å². The molecule has 0 aliphatic carbocycles. The monoisotopic (exact) mass is 495 g/mol. The van der Waals surface area contributed by atoms with E-state index in [1.807, 2.05) is 44.2 Å². The van der Waals surface area contributed by atoms with E-state index in [-0.39, 0.29) is 30.5 Å². The maximum absolute atomic E-state index is 14.2. The van der Waals surface area contributed by atoms with Crippen LogP contribution in [0.25, 0.3) is 17.1 Å². The van der Waals surface area contributed by atoms with Crippen LogP contribution in [0.4, 0.5) is 8.78 Å². The minimum absolute atomic E-state index is 0. The van der Waals surface area contributed by atoms with E-state index in [9.17, 15) is 8.78 Å². The summed E-state index contributed by atoms with van der Waals surface area (Å²) >= 11 is 0. The van der Waals surface area contributed by atoms with Gasteiger partial charge in [0.05, 0.1) is 5.82 Å². The molecule has 4 heterocycles. The Balaban J connectivity index is 0.00000306. The minimum Gasteiger partial charge on any atom is -0.343 e. The zero-order valence-corrected chi connectivity index (χ0v) is 22.3. The maximum atomic E-state index is 14.2. The van der Waals surface area contributed by atoms with Gasteiger partial charge in [-0.05, 0) is 42.8 Å². The van der Waals surface area contributed by atoms with Crippen molar-refractivity contribution < 1.29 is 28.3 Å². The van der Waals surface area contributed by atoms with Gasteiger partial charge in [-0.3, -0.25) is 15.1 Å². The molecule has 8 heteroatoms. The summed E-state index contributed by atoms with van der Waals surface area (Å²) in [5.74, 6) is -1.23. The summed E-state index contributed by atoms with van der Waals surface area (Å²) in [6.07, 6.45) is 3.13. The van der Waals surface area contributed by atoms with Crippen molar-refractivity contribution in [1.29, 1.82) is 0 Å². The van der Waals surface area contributed by atoms with Gasteiger partial charge in [0.15, 0.2) is 0 Å². The molecule has 5 nitrogen and oxygen atoms in total. The maximum Gasteiger partial charge on any atom is 2.00 e. The van der Waals surface area contributed by atoms with Crippen LogP contribution in [0.5, 0.6) is 0 Å². The second kappa shape index (κ2) is 9.18. The zero-order valence-electron chi connectivity index (χ0n) is 19.3. The molecule has 0 saturated carbocycles. The average molecular weight is 497 g/mol. The Labute approximate surface area is 205 Å². The molecule has 0 N–H and O–H groups in total. The molecule has 4 aromatic rings. The fourth-order valence-corrected chi connectivity index (χ4v) is 3.27. The van der Waals surface area contributed by atoms with E-state index in [1.165, 1.54) is 0 Å². The van der Waals surface area contributed by atoms with E-state index in [0.29, 0.717) is 17.2 Å². The van der Waals surface area contributed by atoms with Crippen LogP contribution in [-0.4, -0.2) is 24.7 Å². The molecule has 0 aliphatic rings. The molecule has 0 aromatic carbocycles. The second-order valence-corrected chi connectivity index (χ2v) is 9.12. The Hall–Kier alpha value is -2.86. The van der Waals surface area contributed by atoms with E-state index in [2.05, 4.69) is 48.1 Å². The normalized spacial score (nSPS) is 11.8. The molecule has 0 atom stereocenters. The number of nitrogens with zero attached hydrogens (tertiary/aromatic N) is 5. The summed E-state index contributed by atoms with van der Waals surface area (Å²) in [4.78, 5) is 12.7. The fourth-order valence-electron chi connectivity index (χ4n) is 3.27. The van der Waals surface area contributed by atoms with Gasteiger partial charge in [-0.2, -0.15) is 0 Å². The Kier molecular flexibility index (Phi) is 6.89. The van der Waals surface area contributed by atoms with E-state index in [4.69, 9.17) is 4.98 Å². The van der Waals surface area contributed by atoms with E-state index >= 15 is 0 Å². The molecule has 33 heavy (non-hydrogen) atoms. The van der Waals surface area contributed by atoms with E-state index in [0.717, 1.165) is 17.5 Å². The summed E-state index contributed by atoms with van der Waals surface area (Å²) in [5, 5.41) is 4.62. The van der Waals surface area contributed by atoms with Crippen LogP contribution in [0.15, 0.2) is 48.5 Å². The zero-order chi connectivity index (χ0) is 23.1. The van der Waals surface area contributed by atoms with Gasteiger partial charge in [-0.1, -0.05) is 62.9 Å². The number of rotatable bonds is 4. The largest absolute Gasteiger partial charge is 2.00 e. The molecular formula is C25H23F2N5Zn. The first-order valence-electron chi connectivity index (χ1n) is 10.2. The summed E-state index contributed by atoms with van der Waals surface area (Å²) in [6.45, 7) is 10.3. The number of aromatic nitrogens is 5. The summed E-state index contributed by atoms with van der Waals surface area (Å²) < 4.78 is 29.0. The summed E-state index contributed by atoms with van der Waals surface area (Å²) in [6, 6.07) is 16.4. The number of hydrogen-bond acceptors (Lipinski definition) is 4. The van der Waals surface area contributed by atoms with Crippen molar-refractivity contribution in [3.63, 3.8) is 0 Å². The molecule has 0 bridgehead atoms. The van der Waals surface area contributed by atoms with Crippen molar-refractivity contribution in [2.45, 2.75) is 45.4 Å². The second-order valence-electron chi connectivity index (χ2n) is 9.12. The van der Waals surface area contributed by atoms with Crippen LogP contribution in [-0.2, 0) is 30.3 Å². The van der Waals surface area contributed by atoms with Crippen molar-refractivity contribution in [2.75, 3.05) is 0 Å². The summed E-state index contributed by atoms with van der Waals surface area (Å²) in [7, 11) is 0. The quantitative estimate of drug-likeness (QED) is 0.221. The van der Waals surface area contributed by atoms with Crippen LogP contribution >= 0.6 is 0 Å². The third-order valence-electron chi connectivity index (χ3n) is 5.28. The Bertz CT molecular complexity index is 1280. The number of pyridine rings is 3. The Morgan fingerprint density at radius 3 is 2.12 bits per heavy atom. The third kappa shape index (κ3) is 5.06. The molecule has 164 valence electrons. The molecule has 0 unspecified atom stereocenters. The minimum atomic E-state index is -0.948. The van der Waals surface area contributed by atoms with Gasteiger partial charge in [0.1, 0.15) is 11.9 Å². The van der Waals surface area contributed by atoms with Crippen LogP contribution in [0.1, 0.15) is 51.7 Å². The molecule has 0 amide bonds. The van der Waals surface area contributed by atoms with Crippen molar-refractivity contribution in [3.8, 4) is 17.1 Å². The molecule has 4 rings (SSSR count). The predicted octanol–water partition coefficient (Wildman–Crippen LogP) is 5.22. The van der Waals surface area contributed by atoms with Gasteiger partial charge >= 0.3 is 19.5 Å². The molecule has 4 aromatic heterocycles. The van der Waals surface area contributed by atoms with Crippen molar-refractivity contribution in [2.24, 2.45) is 0 Å². The fraction of sp³-hybridized carbons (Fsp3) is 0.280. The van der Waals surface area contributed by atoms with Crippen LogP contribution in [0.3, 0.4) is 0 Å². The van der Waals surface area contributed by atoms with Gasteiger partial charge < -0.3 is 9.67 Å². The molecule has 0 spiro atoms. The SMILES string of the molecule is CC(C)(C)c1c[c-]n(-c2cccc(C(C)(C)c3cccc(-c4[c-]cc(F)nc4F)n3)n2)n1.[Zn+2]. The average Bonchev–Trinajstić information content (AvgIpc) is 3.25. The van der Waals surface area contributed by atoms with Gasteiger partial charge in [-0.25, -0.2) is 8.78 Å². The predicted molar refractivity (Wildman–Crippen MR) is 117 cm³/mol. The van der Waals surface area contributed by atoms with Gasteiger partial charge in [0.25, 0.3) is 0 Å². The first-order chi connectivity index (χ1) is 15.1. The summed E-state index contributed by atoms with van der Waals surface area (Å²) in [5.41, 5.74) is 2.02. The van der Waals surface area contributed by atoms with Crippen molar-refractivity contribution in [3.05, 3.63) is 89.8 Å². The molecule has 0 saturated heterocycles. The first-order valence-corrected chi connectivity index (χ1v) is 10.2. The molecule has 0 aliphatic heterocycles. The van der Waals surface area contributed by atoms with Gasteiger partial charge in [-0.15, -0.1) is 12.1 Å². The molecular weight excluding hydrogens is 474 g/mol.